The molecule has 0 aromatic carbocycles. The smallest absolute Gasteiger partial charge is 0.0783 e. The van der Waals surface area contributed by atoms with E-state index >= 15 is 0 Å². The third-order valence-corrected chi connectivity index (χ3v) is 7.19. The zero-order chi connectivity index (χ0) is 12.2. The number of thioether (sulfide) groups is 1. The lowest BCUT2D eigenvalue weighted by Gasteiger charge is -2.41. The van der Waals surface area contributed by atoms with E-state index in [4.69, 9.17) is 10.5 Å². The number of nitrogens with two attached hydrogens (primary N) is 1. The summed E-state index contributed by atoms with van der Waals surface area (Å²) in [7, 11) is 0. The van der Waals surface area contributed by atoms with Crippen LogP contribution in [-0.4, -0.2) is 29.8 Å². The maximum Gasteiger partial charge on any atom is 0.0783 e. The van der Waals surface area contributed by atoms with Gasteiger partial charge in [0.1, 0.15) is 0 Å². The van der Waals surface area contributed by atoms with Crippen LogP contribution >= 0.6 is 11.8 Å². The molecule has 2 N–H and O–H groups in total. The second-order valence-corrected chi connectivity index (χ2v) is 8.26. The molecule has 2 aliphatic heterocycles. The Balaban J connectivity index is 1.40. The largest absolute Gasteiger partial charge is 0.374 e. The molecule has 102 valence electrons. The third-order valence-electron chi connectivity index (χ3n) is 5.97. The van der Waals surface area contributed by atoms with Crippen molar-refractivity contribution in [2.45, 2.75) is 50.2 Å². The number of hydrogen-bond donors (Lipinski definition) is 1. The third kappa shape index (κ3) is 2.03. The van der Waals surface area contributed by atoms with Gasteiger partial charge >= 0.3 is 0 Å². The molecule has 2 saturated heterocycles. The fourth-order valence-electron chi connectivity index (χ4n) is 4.72. The first-order chi connectivity index (χ1) is 8.76. The van der Waals surface area contributed by atoms with Gasteiger partial charge in [0, 0.05) is 18.4 Å². The first-order valence-electron chi connectivity index (χ1n) is 7.73. The Morgan fingerprint density at radius 3 is 2.72 bits per heavy atom. The minimum absolute atomic E-state index is 0.215. The second kappa shape index (κ2) is 4.39. The number of fused-ring (bicyclic) bond motifs is 1. The molecule has 2 saturated carbocycles. The highest BCUT2D eigenvalue weighted by Gasteiger charge is 2.50. The molecule has 5 atom stereocenters. The Morgan fingerprint density at radius 2 is 2.00 bits per heavy atom. The van der Waals surface area contributed by atoms with Gasteiger partial charge in [0.15, 0.2) is 0 Å². The minimum atomic E-state index is 0.215. The van der Waals surface area contributed by atoms with Gasteiger partial charge in [0.25, 0.3) is 0 Å². The Bertz CT molecular complexity index is 318. The molecule has 3 heteroatoms. The van der Waals surface area contributed by atoms with Crippen molar-refractivity contribution in [3.63, 3.8) is 0 Å². The predicted molar refractivity (Wildman–Crippen MR) is 75.6 cm³/mol. The lowest BCUT2D eigenvalue weighted by Crippen LogP contribution is -2.47. The van der Waals surface area contributed by atoms with Crippen LogP contribution in [-0.2, 0) is 4.74 Å². The van der Waals surface area contributed by atoms with Crippen LogP contribution < -0.4 is 5.73 Å². The molecule has 0 radical (unpaired) electrons. The van der Waals surface area contributed by atoms with Crippen LogP contribution in [0, 0.1) is 23.7 Å². The second-order valence-electron chi connectivity index (χ2n) is 7.15. The maximum atomic E-state index is 6.63. The summed E-state index contributed by atoms with van der Waals surface area (Å²) in [5.41, 5.74) is 6.84. The molecule has 0 bridgehead atoms. The maximum absolute atomic E-state index is 6.63. The van der Waals surface area contributed by atoms with Crippen LogP contribution in [0.25, 0.3) is 0 Å². The molecule has 5 unspecified atom stereocenters. The molecule has 0 amide bonds. The summed E-state index contributed by atoms with van der Waals surface area (Å²) >= 11 is 2.07. The molecular weight excluding hydrogens is 242 g/mol. The van der Waals surface area contributed by atoms with E-state index in [1.165, 1.54) is 50.0 Å². The van der Waals surface area contributed by atoms with Crippen LogP contribution in [0.4, 0.5) is 0 Å². The van der Waals surface area contributed by atoms with Crippen LogP contribution in [0.2, 0.25) is 0 Å². The van der Waals surface area contributed by atoms with Gasteiger partial charge in [-0.15, -0.1) is 0 Å². The van der Waals surface area contributed by atoms with Crippen molar-refractivity contribution < 1.29 is 4.74 Å². The van der Waals surface area contributed by atoms with Crippen molar-refractivity contribution in [3.8, 4) is 0 Å². The van der Waals surface area contributed by atoms with Gasteiger partial charge in [-0.25, -0.2) is 0 Å². The van der Waals surface area contributed by atoms with E-state index in [0.717, 1.165) is 30.3 Å². The quantitative estimate of drug-likeness (QED) is 0.835. The number of ether oxygens (including phenoxy) is 1. The van der Waals surface area contributed by atoms with Crippen molar-refractivity contribution in [2.75, 3.05) is 18.1 Å². The van der Waals surface area contributed by atoms with Crippen molar-refractivity contribution in [1.29, 1.82) is 0 Å². The first kappa shape index (κ1) is 12.0. The van der Waals surface area contributed by atoms with Crippen molar-refractivity contribution >= 4 is 11.8 Å². The van der Waals surface area contributed by atoms with Gasteiger partial charge in [0.2, 0.25) is 0 Å². The van der Waals surface area contributed by atoms with Crippen LogP contribution in [0.5, 0.6) is 0 Å². The van der Waals surface area contributed by atoms with E-state index in [1.807, 2.05) is 0 Å². The van der Waals surface area contributed by atoms with Crippen LogP contribution in [0.15, 0.2) is 0 Å². The fourth-order valence-corrected chi connectivity index (χ4v) is 6.10. The molecule has 0 aromatic heterocycles. The highest BCUT2D eigenvalue weighted by molar-refractivity contribution is 7.99. The lowest BCUT2D eigenvalue weighted by molar-refractivity contribution is -0.0860. The zero-order valence-electron chi connectivity index (χ0n) is 11.1. The monoisotopic (exact) mass is 267 g/mol. The summed E-state index contributed by atoms with van der Waals surface area (Å²) in [5, 5.41) is 0. The Hall–Kier alpha value is 0.270. The first-order valence-corrected chi connectivity index (χ1v) is 8.88. The number of hydrogen-bond acceptors (Lipinski definition) is 3. The molecule has 0 aromatic rings. The summed E-state index contributed by atoms with van der Waals surface area (Å²) < 4.78 is 6.12. The van der Waals surface area contributed by atoms with Gasteiger partial charge in [-0.1, -0.05) is 0 Å². The van der Waals surface area contributed by atoms with Gasteiger partial charge < -0.3 is 10.5 Å². The summed E-state index contributed by atoms with van der Waals surface area (Å²) in [6.07, 6.45) is 8.09. The molecule has 1 spiro atoms. The SMILES string of the molecule is NC(C1CC2CC2C1)C1CCOC2(CCSC2)C1. The van der Waals surface area contributed by atoms with E-state index in [0.29, 0.717) is 6.04 Å². The van der Waals surface area contributed by atoms with E-state index < -0.39 is 0 Å². The highest BCUT2D eigenvalue weighted by atomic mass is 32.2. The standard InChI is InChI=1S/C15H25NOS/c16-14(13-6-11-5-12(11)7-13)10-1-3-17-15(8-10)2-4-18-9-15/h10-14H,1-9,16H2. The summed E-state index contributed by atoms with van der Waals surface area (Å²) in [6, 6.07) is 0.462. The Labute approximate surface area is 114 Å². The van der Waals surface area contributed by atoms with Gasteiger partial charge in [0.05, 0.1) is 5.60 Å². The molecule has 4 rings (SSSR count). The highest BCUT2D eigenvalue weighted by Crippen LogP contribution is 2.56. The predicted octanol–water partition coefficient (Wildman–Crippen LogP) is 2.66. The molecule has 2 aliphatic carbocycles. The summed E-state index contributed by atoms with van der Waals surface area (Å²) in [5.74, 6) is 6.21. The molecular formula is C15H25NOS. The van der Waals surface area contributed by atoms with E-state index in [9.17, 15) is 0 Å². The minimum Gasteiger partial charge on any atom is -0.374 e. The topological polar surface area (TPSA) is 35.2 Å². The Kier molecular flexibility index (Phi) is 2.94. The zero-order valence-corrected chi connectivity index (χ0v) is 12.0. The molecule has 2 heterocycles. The average Bonchev–Trinajstić information content (AvgIpc) is 2.80. The van der Waals surface area contributed by atoms with E-state index in [2.05, 4.69) is 11.8 Å². The normalized spacial score (nSPS) is 52.5. The average molecular weight is 267 g/mol. The fraction of sp³-hybridized carbons (Fsp3) is 1.00. The van der Waals surface area contributed by atoms with Crippen molar-refractivity contribution in [1.82, 2.24) is 0 Å². The van der Waals surface area contributed by atoms with Crippen LogP contribution in [0.3, 0.4) is 0 Å². The summed E-state index contributed by atoms with van der Waals surface area (Å²) in [6.45, 7) is 0.957. The molecule has 2 nitrogen and oxygen atoms in total. The summed E-state index contributed by atoms with van der Waals surface area (Å²) in [4.78, 5) is 0. The van der Waals surface area contributed by atoms with Crippen LogP contribution in [0.1, 0.15) is 38.5 Å². The van der Waals surface area contributed by atoms with Crippen molar-refractivity contribution in [2.24, 2.45) is 29.4 Å². The van der Waals surface area contributed by atoms with Gasteiger partial charge in [-0.2, -0.15) is 11.8 Å². The van der Waals surface area contributed by atoms with E-state index in [-0.39, 0.29) is 5.60 Å². The van der Waals surface area contributed by atoms with Crippen molar-refractivity contribution in [3.05, 3.63) is 0 Å². The van der Waals surface area contributed by atoms with E-state index in [1.54, 1.807) is 0 Å². The molecule has 4 aliphatic rings. The Morgan fingerprint density at radius 1 is 1.17 bits per heavy atom. The number of rotatable bonds is 2. The molecule has 4 fully saturated rings. The molecule has 18 heavy (non-hydrogen) atoms. The lowest BCUT2D eigenvalue weighted by atomic mass is 9.76. The van der Waals surface area contributed by atoms with Gasteiger partial charge in [-0.3, -0.25) is 0 Å². The van der Waals surface area contributed by atoms with Gasteiger partial charge in [-0.05, 0) is 67.9 Å².